The Morgan fingerprint density at radius 3 is 2.67 bits per heavy atom. The van der Waals surface area contributed by atoms with Crippen molar-refractivity contribution in [3.05, 3.63) is 65.2 Å². The predicted molar refractivity (Wildman–Crippen MR) is 100 cm³/mol. The Labute approximate surface area is 156 Å². The number of carbonyl (C=O) groups excluding carboxylic acids is 2. The van der Waals surface area contributed by atoms with Gasteiger partial charge in [0.15, 0.2) is 0 Å². The number of carbonyl (C=O) groups is 3. The number of nitrogens with two attached hydrogens (primary N) is 1. The number of carboxylic acids is 1. The number of anilines is 1. The molecule has 7 nitrogen and oxygen atoms in total. The van der Waals surface area contributed by atoms with Crippen molar-refractivity contribution >= 4 is 23.5 Å². The van der Waals surface area contributed by atoms with Crippen molar-refractivity contribution in [3.8, 4) is 0 Å². The minimum Gasteiger partial charge on any atom is -0.481 e. The first-order chi connectivity index (χ1) is 13.0. The second-order valence-corrected chi connectivity index (χ2v) is 6.46. The molecule has 0 spiro atoms. The summed E-state index contributed by atoms with van der Waals surface area (Å²) >= 11 is 0. The number of fused-ring (bicyclic) bond motifs is 1. The van der Waals surface area contributed by atoms with Crippen LogP contribution >= 0.6 is 0 Å². The van der Waals surface area contributed by atoms with Gasteiger partial charge in [0, 0.05) is 17.8 Å². The minimum atomic E-state index is -0.974. The molecular weight excluding hydrogens is 346 g/mol. The monoisotopic (exact) mass is 367 g/mol. The van der Waals surface area contributed by atoms with E-state index in [2.05, 4.69) is 5.32 Å². The first-order valence-electron chi connectivity index (χ1n) is 8.68. The number of nitrogens with zero attached hydrogens (tertiary/aromatic N) is 1. The Bertz CT molecular complexity index is 881. The fraction of sp³-hybridized carbons (Fsp3) is 0.250. The van der Waals surface area contributed by atoms with Gasteiger partial charge < -0.3 is 21.1 Å². The summed E-state index contributed by atoms with van der Waals surface area (Å²) in [5, 5.41) is 11.9. The molecule has 3 rings (SSSR count). The summed E-state index contributed by atoms with van der Waals surface area (Å²) in [5.74, 6) is -1.69. The molecule has 27 heavy (non-hydrogen) atoms. The van der Waals surface area contributed by atoms with Crippen LogP contribution in [-0.2, 0) is 16.0 Å². The Morgan fingerprint density at radius 2 is 1.93 bits per heavy atom. The van der Waals surface area contributed by atoms with E-state index in [9.17, 15) is 19.5 Å². The number of carboxylic acid groups (broad SMARTS) is 1. The Hall–Kier alpha value is -3.35. The highest BCUT2D eigenvalue weighted by atomic mass is 16.4. The van der Waals surface area contributed by atoms with Crippen LogP contribution in [0.25, 0.3) is 0 Å². The first kappa shape index (κ1) is 18.4. The number of nitrogens with one attached hydrogen (secondary N) is 1. The topological polar surface area (TPSA) is 113 Å². The highest BCUT2D eigenvalue weighted by molar-refractivity contribution is 5.97. The maximum atomic E-state index is 12.7. The van der Waals surface area contributed by atoms with Gasteiger partial charge in [-0.2, -0.15) is 0 Å². The van der Waals surface area contributed by atoms with Crippen molar-refractivity contribution in [2.24, 2.45) is 0 Å². The average molecular weight is 367 g/mol. The van der Waals surface area contributed by atoms with Gasteiger partial charge in [0.2, 0.25) is 5.91 Å². The third-order valence-electron chi connectivity index (χ3n) is 4.65. The third-order valence-corrected chi connectivity index (χ3v) is 4.65. The molecular formula is C20H21N3O4. The zero-order chi connectivity index (χ0) is 19.4. The average Bonchev–Trinajstić information content (AvgIpc) is 2.65. The highest BCUT2D eigenvalue weighted by Gasteiger charge is 2.32. The lowest BCUT2D eigenvalue weighted by atomic mass is 9.90. The minimum absolute atomic E-state index is 0.175. The van der Waals surface area contributed by atoms with Gasteiger partial charge in [-0.05, 0) is 35.7 Å². The lowest BCUT2D eigenvalue weighted by Gasteiger charge is -2.36. The molecule has 0 radical (unpaired) electrons. The normalized spacial score (nSPS) is 15.7. The summed E-state index contributed by atoms with van der Waals surface area (Å²) in [5.41, 5.74) is 8.40. The van der Waals surface area contributed by atoms with Crippen LogP contribution in [-0.4, -0.2) is 40.9 Å². The van der Waals surface area contributed by atoms with E-state index in [1.807, 2.05) is 24.3 Å². The number of amides is 2. The molecule has 0 aliphatic carbocycles. The molecule has 1 unspecified atom stereocenters. The van der Waals surface area contributed by atoms with Crippen LogP contribution in [0.5, 0.6) is 0 Å². The molecule has 2 amide bonds. The van der Waals surface area contributed by atoms with Crippen LogP contribution < -0.4 is 11.1 Å². The number of benzene rings is 2. The summed E-state index contributed by atoms with van der Waals surface area (Å²) in [7, 11) is 0. The largest absolute Gasteiger partial charge is 0.481 e. The summed E-state index contributed by atoms with van der Waals surface area (Å²) in [4.78, 5) is 37.8. The molecule has 1 aliphatic heterocycles. The molecule has 2 aromatic rings. The van der Waals surface area contributed by atoms with E-state index in [0.29, 0.717) is 24.2 Å². The van der Waals surface area contributed by atoms with E-state index in [1.54, 1.807) is 18.2 Å². The molecule has 140 valence electrons. The Kier molecular flexibility index (Phi) is 5.40. The molecule has 7 heteroatoms. The fourth-order valence-electron chi connectivity index (χ4n) is 3.38. The van der Waals surface area contributed by atoms with E-state index in [1.165, 1.54) is 11.0 Å². The maximum absolute atomic E-state index is 12.7. The van der Waals surface area contributed by atoms with Gasteiger partial charge in [-0.15, -0.1) is 0 Å². The number of rotatable bonds is 5. The zero-order valence-electron chi connectivity index (χ0n) is 14.7. The van der Waals surface area contributed by atoms with Crippen LogP contribution in [0.1, 0.15) is 33.9 Å². The lowest BCUT2D eigenvalue weighted by molar-refractivity contribution is -0.141. The van der Waals surface area contributed by atoms with E-state index >= 15 is 0 Å². The molecule has 0 fully saturated rings. The standard InChI is InChI=1S/C20H21N3O4/c21-15-6-3-5-14(10-15)20(27)22-12-18(24)23-9-8-13-4-1-2-7-16(13)17(23)11-19(25)26/h1-7,10,17H,8-9,11-12,21H2,(H,22,27)(H,25,26). The highest BCUT2D eigenvalue weighted by Crippen LogP contribution is 2.32. The molecule has 0 saturated carbocycles. The van der Waals surface area contributed by atoms with Crippen molar-refractivity contribution in [1.82, 2.24) is 10.2 Å². The van der Waals surface area contributed by atoms with Gasteiger partial charge >= 0.3 is 5.97 Å². The number of hydrogen-bond donors (Lipinski definition) is 3. The van der Waals surface area contributed by atoms with Crippen LogP contribution in [0.2, 0.25) is 0 Å². The lowest BCUT2D eigenvalue weighted by Crippen LogP contribution is -2.45. The quantitative estimate of drug-likeness (QED) is 0.695. The Balaban J connectivity index is 1.71. The van der Waals surface area contributed by atoms with Crippen molar-refractivity contribution in [2.45, 2.75) is 18.9 Å². The third kappa shape index (κ3) is 4.25. The van der Waals surface area contributed by atoms with Gasteiger partial charge in [-0.3, -0.25) is 14.4 Å². The summed E-state index contributed by atoms with van der Waals surface area (Å²) < 4.78 is 0. The summed E-state index contributed by atoms with van der Waals surface area (Å²) in [6.07, 6.45) is 0.479. The molecule has 2 aromatic carbocycles. The van der Waals surface area contributed by atoms with E-state index in [-0.39, 0.29) is 18.9 Å². The number of aliphatic carboxylic acids is 1. The molecule has 1 aliphatic rings. The SMILES string of the molecule is Nc1cccc(C(=O)NCC(=O)N2CCc3ccccc3C2CC(=O)O)c1. The van der Waals surface area contributed by atoms with E-state index < -0.39 is 17.9 Å². The zero-order valence-corrected chi connectivity index (χ0v) is 14.7. The van der Waals surface area contributed by atoms with Crippen LogP contribution in [0.3, 0.4) is 0 Å². The molecule has 0 bridgehead atoms. The van der Waals surface area contributed by atoms with Gasteiger partial charge in [0.1, 0.15) is 0 Å². The smallest absolute Gasteiger partial charge is 0.305 e. The van der Waals surface area contributed by atoms with Crippen molar-refractivity contribution in [2.75, 3.05) is 18.8 Å². The fourth-order valence-corrected chi connectivity index (χ4v) is 3.38. The molecule has 1 heterocycles. The van der Waals surface area contributed by atoms with Crippen LogP contribution in [0, 0.1) is 0 Å². The van der Waals surface area contributed by atoms with Gasteiger partial charge in [-0.25, -0.2) is 0 Å². The maximum Gasteiger partial charge on any atom is 0.305 e. The summed E-state index contributed by atoms with van der Waals surface area (Å²) in [6, 6.07) is 13.5. The first-order valence-corrected chi connectivity index (χ1v) is 8.68. The molecule has 0 aromatic heterocycles. The molecule has 0 saturated heterocycles. The predicted octanol–water partition coefficient (Wildman–Crippen LogP) is 1.60. The van der Waals surface area contributed by atoms with E-state index in [4.69, 9.17) is 5.73 Å². The van der Waals surface area contributed by atoms with Crippen molar-refractivity contribution < 1.29 is 19.5 Å². The van der Waals surface area contributed by atoms with E-state index in [0.717, 1.165) is 11.1 Å². The molecule has 1 atom stereocenters. The second-order valence-electron chi connectivity index (χ2n) is 6.46. The number of hydrogen-bond acceptors (Lipinski definition) is 4. The number of nitrogen functional groups attached to an aromatic ring is 1. The molecule has 4 N–H and O–H groups in total. The van der Waals surface area contributed by atoms with Gasteiger partial charge in [0.25, 0.3) is 5.91 Å². The van der Waals surface area contributed by atoms with Crippen molar-refractivity contribution in [1.29, 1.82) is 0 Å². The second kappa shape index (κ2) is 7.90. The summed E-state index contributed by atoms with van der Waals surface area (Å²) in [6.45, 7) is 0.216. The van der Waals surface area contributed by atoms with Gasteiger partial charge in [-0.1, -0.05) is 30.3 Å². The Morgan fingerprint density at radius 1 is 1.15 bits per heavy atom. The van der Waals surface area contributed by atoms with Crippen LogP contribution in [0.15, 0.2) is 48.5 Å². The van der Waals surface area contributed by atoms with Crippen LogP contribution in [0.4, 0.5) is 5.69 Å². The van der Waals surface area contributed by atoms with Gasteiger partial charge in [0.05, 0.1) is 19.0 Å². The van der Waals surface area contributed by atoms with Crippen molar-refractivity contribution in [3.63, 3.8) is 0 Å².